The maximum atomic E-state index is 12.5. The molecule has 3 N–H and O–H groups in total. The molecule has 0 saturated carbocycles. The third-order valence-electron chi connectivity index (χ3n) is 6.14. The van der Waals surface area contributed by atoms with Crippen LogP contribution in [-0.4, -0.2) is 92.2 Å². The van der Waals surface area contributed by atoms with Crippen molar-refractivity contribution in [3.8, 4) is 5.75 Å². The Morgan fingerprint density at radius 1 is 1.21 bits per heavy atom. The van der Waals surface area contributed by atoms with Crippen molar-refractivity contribution in [2.45, 2.75) is 46.1 Å². The van der Waals surface area contributed by atoms with Crippen LogP contribution in [0.2, 0.25) is 0 Å². The normalized spacial score (nSPS) is 18.9. The molecule has 190 valence electrons. The molecule has 0 spiro atoms. The first-order chi connectivity index (χ1) is 16.5. The van der Waals surface area contributed by atoms with Gasteiger partial charge >= 0.3 is 6.03 Å². The SMILES string of the molecule is CC.CC/C=C1/CN(C(=O)NCCC(O)CN2CCN(c3ccccc3OC)CC2)CCC1=N. The van der Waals surface area contributed by atoms with Crippen molar-refractivity contribution in [3.63, 3.8) is 0 Å². The van der Waals surface area contributed by atoms with E-state index in [1.165, 1.54) is 0 Å². The number of urea groups is 1. The van der Waals surface area contributed by atoms with E-state index in [2.05, 4.69) is 21.2 Å². The van der Waals surface area contributed by atoms with Crippen LogP contribution in [0, 0.1) is 5.41 Å². The van der Waals surface area contributed by atoms with Crippen LogP contribution >= 0.6 is 0 Å². The summed E-state index contributed by atoms with van der Waals surface area (Å²) in [6, 6.07) is 7.95. The molecule has 0 radical (unpaired) electrons. The zero-order valence-electron chi connectivity index (χ0n) is 21.3. The van der Waals surface area contributed by atoms with Crippen LogP contribution in [-0.2, 0) is 0 Å². The molecule has 0 aromatic heterocycles. The molecular weight excluding hydrogens is 430 g/mol. The predicted octanol–water partition coefficient (Wildman–Crippen LogP) is 3.37. The number of carbonyl (C=O) groups is 1. The number of anilines is 1. The number of amides is 2. The van der Waals surface area contributed by atoms with Crippen molar-refractivity contribution < 1.29 is 14.6 Å². The molecule has 3 rings (SSSR count). The van der Waals surface area contributed by atoms with Gasteiger partial charge in [-0.2, -0.15) is 0 Å². The van der Waals surface area contributed by atoms with Gasteiger partial charge in [0, 0.05) is 64.5 Å². The van der Waals surface area contributed by atoms with Crippen molar-refractivity contribution >= 4 is 17.4 Å². The highest BCUT2D eigenvalue weighted by Crippen LogP contribution is 2.28. The first kappa shape index (κ1) is 27.7. The van der Waals surface area contributed by atoms with E-state index >= 15 is 0 Å². The molecule has 0 aliphatic carbocycles. The number of aliphatic hydroxyl groups is 1. The Bertz CT molecular complexity index is 805. The Labute approximate surface area is 205 Å². The van der Waals surface area contributed by atoms with Crippen LogP contribution in [0.15, 0.2) is 35.9 Å². The van der Waals surface area contributed by atoms with E-state index in [0.717, 1.165) is 49.6 Å². The summed E-state index contributed by atoms with van der Waals surface area (Å²) >= 11 is 0. The number of allylic oxidation sites excluding steroid dienone is 1. The lowest BCUT2D eigenvalue weighted by Crippen LogP contribution is -2.49. The first-order valence-corrected chi connectivity index (χ1v) is 12.6. The molecule has 2 aliphatic rings. The van der Waals surface area contributed by atoms with E-state index in [9.17, 15) is 9.90 Å². The molecule has 2 aliphatic heterocycles. The molecule has 2 heterocycles. The summed E-state index contributed by atoms with van der Waals surface area (Å²) < 4.78 is 5.47. The number of carbonyl (C=O) groups excluding carboxylic acids is 1. The fourth-order valence-corrected chi connectivity index (χ4v) is 4.30. The van der Waals surface area contributed by atoms with Gasteiger partial charge in [0.25, 0.3) is 0 Å². The van der Waals surface area contributed by atoms with Gasteiger partial charge in [-0.1, -0.05) is 39.0 Å². The van der Waals surface area contributed by atoms with Gasteiger partial charge in [0.15, 0.2) is 0 Å². The number of benzene rings is 1. The van der Waals surface area contributed by atoms with Gasteiger partial charge in [-0.25, -0.2) is 4.79 Å². The number of likely N-dealkylation sites (tertiary alicyclic amines) is 1. The van der Waals surface area contributed by atoms with Crippen LogP contribution in [0.25, 0.3) is 0 Å². The van der Waals surface area contributed by atoms with E-state index in [1.54, 1.807) is 12.0 Å². The lowest BCUT2D eigenvalue weighted by Gasteiger charge is -2.37. The van der Waals surface area contributed by atoms with E-state index in [1.807, 2.05) is 45.0 Å². The molecule has 8 nitrogen and oxygen atoms in total. The second-order valence-corrected chi connectivity index (χ2v) is 8.42. The van der Waals surface area contributed by atoms with Gasteiger partial charge in [-0.15, -0.1) is 0 Å². The number of nitrogens with one attached hydrogen (secondary N) is 2. The molecule has 34 heavy (non-hydrogen) atoms. The highest BCUT2D eigenvalue weighted by Gasteiger charge is 2.23. The minimum atomic E-state index is -0.474. The molecule has 2 saturated heterocycles. The average Bonchev–Trinajstić information content (AvgIpc) is 2.87. The first-order valence-electron chi connectivity index (χ1n) is 12.6. The van der Waals surface area contributed by atoms with Crippen molar-refractivity contribution in [1.82, 2.24) is 15.1 Å². The minimum absolute atomic E-state index is 0.114. The van der Waals surface area contributed by atoms with Crippen molar-refractivity contribution in [2.24, 2.45) is 0 Å². The topological polar surface area (TPSA) is 92.1 Å². The molecule has 1 aromatic rings. The number of β-amino-alcohol motifs (C(OH)–C–C–N with tert-alkyl or cyclic N) is 1. The summed E-state index contributed by atoms with van der Waals surface area (Å²) in [7, 11) is 1.70. The Kier molecular flexibility index (Phi) is 11.9. The van der Waals surface area contributed by atoms with Crippen LogP contribution in [0.4, 0.5) is 10.5 Å². The monoisotopic (exact) mass is 473 g/mol. The fraction of sp³-hybridized carbons (Fsp3) is 0.615. The van der Waals surface area contributed by atoms with Crippen molar-refractivity contribution in [1.29, 1.82) is 5.41 Å². The van der Waals surface area contributed by atoms with Gasteiger partial charge in [-0.3, -0.25) is 4.90 Å². The number of hydrogen-bond donors (Lipinski definition) is 3. The molecule has 1 unspecified atom stereocenters. The summed E-state index contributed by atoms with van der Waals surface area (Å²) in [4.78, 5) is 18.8. The largest absolute Gasteiger partial charge is 0.495 e. The highest BCUT2D eigenvalue weighted by atomic mass is 16.5. The average molecular weight is 474 g/mol. The number of nitrogens with zero attached hydrogens (tertiary/aromatic N) is 3. The third kappa shape index (κ3) is 8.02. The van der Waals surface area contributed by atoms with E-state index < -0.39 is 6.10 Å². The maximum absolute atomic E-state index is 12.5. The van der Waals surface area contributed by atoms with Gasteiger partial charge < -0.3 is 30.4 Å². The Morgan fingerprint density at radius 3 is 2.59 bits per heavy atom. The molecule has 8 heteroatoms. The second kappa shape index (κ2) is 14.6. The Hall–Kier alpha value is -2.58. The third-order valence-corrected chi connectivity index (χ3v) is 6.14. The smallest absolute Gasteiger partial charge is 0.317 e. The van der Waals surface area contributed by atoms with Gasteiger partial charge in [0.05, 0.1) is 18.9 Å². The number of para-hydroxylation sites is 2. The van der Waals surface area contributed by atoms with Crippen LogP contribution in [0.5, 0.6) is 5.75 Å². The molecular formula is C26H43N5O3. The maximum Gasteiger partial charge on any atom is 0.317 e. The number of aliphatic hydroxyl groups excluding tert-OH is 1. The lowest BCUT2D eigenvalue weighted by atomic mass is 10.0. The Balaban J connectivity index is 0.00000199. The summed E-state index contributed by atoms with van der Waals surface area (Å²) in [5.41, 5.74) is 2.70. The van der Waals surface area contributed by atoms with E-state index in [4.69, 9.17) is 10.1 Å². The van der Waals surface area contributed by atoms with Crippen molar-refractivity contribution in [2.75, 3.05) is 64.4 Å². The molecule has 0 bridgehead atoms. The number of piperidine rings is 1. The number of hydrogen-bond acceptors (Lipinski definition) is 6. The van der Waals surface area contributed by atoms with E-state index in [-0.39, 0.29) is 6.03 Å². The minimum Gasteiger partial charge on any atom is -0.495 e. The molecule has 2 amide bonds. The number of methoxy groups -OCH3 is 1. The van der Waals surface area contributed by atoms with Gasteiger partial charge in [-0.05, 0) is 30.5 Å². The Morgan fingerprint density at radius 2 is 1.91 bits per heavy atom. The summed E-state index contributed by atoms with van der Waals surface area (Å²) in [6.45, 7) is 11.7. The van der Waals surface area contributed by atoms with Crippen molar-refractivity contribution in [3.05, 3.63) is 35.9 Å². The van der Waals surface area contributed by atoms with Crippen LogP contribution < -0.4 is 15.0 Å². The second-order valence-electron chi connectivity index (χ2n) is 8.42. The number of piperazine rings is 1. The van der Waals surface area contributed by atoms with E-state index in [0.29, 0.717) is 44.7 Å². The molecule has 1 atom stereocenters. The lowest BCUT2D eigenvalue weighted by molar-refractivity contribution is 0.102. The predicted molar refractivity (Wildman–Crippen MR) is 139 cm³/mol. The summed E-state index contributed by atoms with van der Waals surface area (Å²) in [5.74, 6) is 0.888. The zero-order chi connectivity index (χ0) is 24.9. The molecule has 2 fully saturated rings. The fourth-order valence-electron chi connectivity index (χ4n) is 4.30. The standard InChI is InChI=1S/C24H37N5O3.C2H6/c1-3-6-19-17-29(12-10-21(19)25)24(31)26-11-9-20(30)18-27-13-15-28(16-14-27)22-7-4-5-8-23(22)32-2;1-2/h4-8,20,25,30H,3,9-18H2,1-2H3,(H,26,31);1-2H3/b19-6-,25-21?;. The highest BCUT2D eigenvalue weighted by molar-refractivity contribution is 6.00. The summed E-state index contributed by atoms with van der Waals surface area (Å²) in [5, 5.41) is 21.4. The van der Waals surface area contributed by atoms with Gasteiger partial charge in [0.2, 0.25) is 0 Å². The number of rotatable bonds is 8. The zero-order valence-corrected chi connectivity index (χ0v) is 21.3. The molecule has 1 aromatic carbocycles. The van der Waals surface area contributed by atoms with Gasteiger partial charge in [0.1, 0.15) is 5.75 Å². The summed E-state index contributed by atoms with van der Waals surface area (Å²) in [6.07, 6.45) is 3.55. The number of ether oxygens (including phenoxy) is 1. The van der Waals surface area contributed by atoms with Crippen LogP contribution in [0.1, 0.15) is 40.0 Å². The van der Waals surface area contributed by atoms with Crippen LogP contribution in [0.3, 0.4) is 0 Å². The quantitative estimate of drug-likeness (QED) is 0.538.